The van der Waals surface area contributed by atoms with Crippen LogP contribution in [0.2, 0.25) is 5.02 Å². The predicted molar refractivity (Wildman–Crippen MR) is 94.0 cm³/mol. The number of ether oxygens (including phenoxy) is 2. The third-order valence-electron chi connectivity index (χ3n) is 3.84. The van der Waals surface area contributed by atoms with Gasteiger partial charge in [-0.3, -0.25) is 9.69 Å². The highest BCUT2D eigenvalue weighted by Crippen LogP contribution is 2.21. The van der Waals surface area contributed by atoms with Crippen molar-refractivity contribution >= 4 is 29.4 Å². The Hall–Kier alpha value is -2.12. The minimum absolute atomic E-state index is 0.0121. The van der Waals surface area contributed by atoms with E-state index in [4.69, 9.17) is 21.1 Å². The number of carbonyl (C=O) groups excluding carboxylic acids is 3. The molecule has 0 radical (unpaired) electrons. The van der Waals surface area contributed by atoms with E-state index in [1.54, 1.807) is 12.1 Å². The summed E-state index contributed by atoms with van der Waals surface area (Å²) in [6.45, 7) is 3.52. The van der Waals surface area contributed by atoms with Crippen LogP contribution in [0.1, 0.15) is 30.6 Å². The molecule has 0 aliphatic carbocycles. The van der Waals surface area contributed by atoms with E-state index in [0.29, 0.717) is 10.6 Å². The Bertz CT molecular complexity index is 660. The molecule has 0 bridgehead atoms. The van der Waals surface area contributed by atoms with E-state index >= 15 is 0 Å². The minimum Gasteiger partial charge on any atom is -0.456 e. The van der Waals surface area contributed by atoms with Crippen LogP contribution in [0.5, 0.6) is 0 Å². The first-order valence-electron chi connectivity index (χ1n) is 8.34. The fourth-order valence-electron chi connectivity index (χ4n) is 2.51. The molecule has 8 heteroatoms. The van der Waals surface area contributed by atoms with Crippen LogP contribution in [0.3, 0.4) is 0 Å². The normalized spacial score (nSPS) is 19.5. The smallest absolute Gasteiger partial charge is 0.410 e. The molecule has 1 saturated heterocycles. The van der Waals surface area contributed by atoms with Gasteiger partial charge in [0.05, 0.1) is 19.3 Å². The average Bonchev–Trinajstić information content (AvgIpc) is 2.99. The van der Waals surface area contributed by atoms with E-state index in [1.807, 2.05) is 13.8 Å². The Balaban J connectivity index is 1.92. The van der Waals surface area contributed by atoms with Crippen molar-refractivity contribution < 1.29 is 29.0 Å². The Morgan fingerprint density at radius 1 is 1.23 bits per heavy atom. The Morgan fingerprint density at radius 2 is 1.88 bits per heavy atom. The molecule has 7 nitrogen and oxygen atoms in total. The topological polar surface area (TPSA) is 93.1 Å². The van der Waals surface area contributed by atoms with Gasteiger partial charge in [-0.1, -0.05) is 25.4 Å². The largest absolute Gasteiger partial charge is 0.456 e. The van der Waals surface area contributed by atoms with Crippen LogP contribution >= 0.6 is 11.6 Å². The number of hydrogen-bond donors (Lipinski definition) is 1. The van der Waals surface area contributed by atoms with Gasteiger partial charge >= 0.3 is 12.1 Å². The van der Waals surface area contributed by atoms with Crippen LogP contribution in [-0.4, -0.2) is 59.8 Å². The monoisotopic (exact) mass is 383 g/mol. The summed E-state index contributed by atoms with van der Waals surface area (Å²) in [5.74, 6) is -0.985. The summed E-state index contributed by atoms with van der Waals surface area (Å²) in [4.78, 5) is 37.6. The lowest BCUT2D eigenvalue weighted by atomic mass is 10.1. The second-order valence-corrected chi connectivity index (χ2v) is 7.00. The lowest BCUT2D eigenvalue weighted by Gasteiger charge is -2.22. The number of rotatable bonds is 6. The second kappa shape index (κ2) is 9.00. The van der Waals surface area contributed by atoms with Gasteiger partial charge in [-0.25, -0.2) is 9.59 Å². The number of esters is 1. The van der Waals surface area contributed by atoms with Crippen LogP contribution in [0.25, 0.3) is 0 Å². The van der Waals surface area contributed by atoms with Crippen LogP contribution in [-0.2, 0) is 14.3 Å². The van der Waals surface area contributed by atoms with Crippen molar-refractivity contribution in [2.24, 2.45) is 5.92 Å². The van der Waals surface area contributed by atoms with Crippen molar-refractivity contribution in [3.63, 3.8) is 0 Å². The van der Waals surface area contributed by atoms with Crippen molar-refractivity contribution in [3.8, 4) is 0 Å². The van der Waals surface area contributed by atoms with E-state index < -0.39 is 30.8 Å². The molecule has 2 atom stereocenters. The van der Waals surface area contributed by atoms with E-state index in [-0.39, 0.29) is 31.3 Å². The summed E-state index contributed by atoms with van der Waals surface area (Å²) in [6, 6.07) is 5.23. The molecule has 1 N–H and O–H groups in total. The molecule has 0 saturated carbocycles. The van der Waals surface area contributed by atoms with E-state index in [2.05, 4.69) is 0 Å². The van der Waals surface area contributed by atoms with Crippen LogP contribution in [0.4, 0.5) is 4.79 Å². The number of β-amino-alcohol motifs (C(OH)–C–C–N with tert-alkyl or cyclic N) is 1. The first-order valence-corrected chi connectivity index (χ1v) is 8.72. The molecule has 26 heavy (non-hydrogen) atoms. The van der Waals surface area contributed by atoms with Crippen LogP contribution in [0.15, 0.2) is 24.3 Å². The molecule has 1 amide bonds. The fourth-order valence-corrected chi connectivity index (χ4v) is 2.64. The maximum Gasteiger partial charge on any atom is 0.410 e. The van der Waals surface area contributed by atoms with Gasteiger partial charge in [0.25, 0.3) is 0 Å². The maximum absolute atomic E-state index is 12.3. The van der Waals surface area contributed by atoms with E-state index in [1.165, 1.54) is 12.1 Å². The number of nitrogens with zero attached hydrogens (tertiary/aromatic N) is 1. The highest BCUT2D eigenvalue weighted by atomic mass is 35.5. The number of amides is 1. The zero-order valence-electron chi connectivity index (χ0n) is 14.7. The van der Waals surface area contributed by atoms with Gasteiger partial charge in [0.1, 0.15) is 6.04 Å². The number of Topliss-reactive ketones (excluding diaryl/α,β-unsaturated/α-hetero) is 1. The van der Waals surface area contributed by atoms with Gasteiger partial charge in [-0.2, -0.15) is 0 Å². The molecule has 1 fully saturated rings. The van der Waals surface area contributed by atoms with Gasteiger partial charge < -0.3 is 14.6 Å². The van der Waals surface area contributed by atoms with Gasteiger partial charge in [0, 0.05) is 17.0 Å². The highest BCUT2D eigenvalue weighted by molar-refractivity contribution is 6.30. The quantitative estimate of drug-likeness (QED) is 0.598. The number of halogens is 1. The number of aliphatic hydroxyl groups excluding tert-OH is 1. The zero-order valence-corrected chi connectivity index (χ0v) is 15.4. The predicted octanol–water partition coefficient (Wildman–Crippen LogP) is 2.29. The van der Waals surface area contributed by atoms with Crippen molar-refractivity contribution in [1.29, 1.82) is 0 Å². The second-order valence-electron chi connectivity index (χ2n) is 6.57. The molecule has 0 aromatic heterocycles. The van der Waals surface area contributed by atoms with Crippen molar-refractivity contribution in [2.75, 3.05) is 19.8 Å². The summed E-state index contributed by atoms with van der Waals surface area (Å²) >= 11 is 5.76. The molecule has 1 aromatic rings. The Kier molecular flexibility index (Phi) is 6.99. The lowest BCUT2D eigenvalue weighted by Crippen LogP contribution is -2.42. The summed E-state index contributed by atoms with van der Waals surface area (Å²) in [7, 11) is 0. The van der Waals surface area contributed by atoms with Crippen LogP contribution in [0, 0.1) is 5.92 Å². The molecular formula is C18H22ClNO6. The Morgan fingerprint density at radius 3 is 2.50 bits per heavy atom. The van der Waals surface area contributed by atoms with Crippen molar-refractivity contribution in [1.82, 2.24) is 4.90 Å². The lowest BCUT2D eigenvalue weighted by molar-refractivity contribution is -0.147. The standard InChI is InChI=1S/C18H22ClNO6/c1-11(2)9-26-18(24)20-8-14(21)7-15(20)17(23)25-10-16(22)12-3-5-13(19)6-4-12/h3-6,11,14-15,21H,7-10H2,1-2H3/t14-,15-/m0/s1. The van der Waals surface area contributed by atoms with E-state index in [0.717, 1.165) is 4.90 Å². The number of aliphatic hydroxyl groups is 1. The average molecular weight is 384 g/mol. The molecular weight excluding hydrogens is 362 g/mol. The van der Waals surface area contributed by atoms with E-state index in [9.17, 15) is 19.5 Å². The number of carbonyl (C=O) groups is 3. The molecule has 0 unspecified atom stereocenters. The SMILES string of the molecule is CC(C)COC(=O)N1C[C@@H](O)C[C@H]1C(=O)OCC(=O)c1ccc(Cl)cc1. The van der Waals surface area contributed by atoms with Gasteiger partial charge in [0.2, 0.25) is 0 Å². The molecule has 1 aromatic carbocycles. The van der Waals surface area contributed by atoms with Gasteiger partial charge in [-0.15, -0.1) is 0 Å². The summed E-state index contributed by atoms with van der Waals surface area (Å²) in [6.07, 6.45) is -1.47. The number of hydrogen-bond acceptors (Lipinski definition) is 6. The first kappa shape index (κ1) is 20.2. The van der Waals surface area contributed by atoms with Crippen LogP contribution < -0.4 is 0 Å². The first-order chi connectivity index (χ1) is 12.3. The molecule has 1 aliphatic heterocycles. The summed E-state index contributed by atoms with van der Waals surface area (Å²) < 4.78 is 10.2. The third-order valence-corrected chi connectivity index (χ3v) is 4.09. The molecule has 0 spiro atoms. The molecule has 142 valence electrons. The minimum atomic E-state index is -0.970. The van der Waals surface area contributed by atoms with Crippen molar-refractivity contribution in [3.05, 3.63) is 34.9 Å². The molecule has 1 heterocycles. The van der Waals surface area contributed by atoms with Gasteiger partial charge in [0.15, 0.2) is 12.4 Å². The maximum atomic E-state index is 12.3. The molecule has 2 rings (SSSR count). The summed E-state index contributed by atoms with van der Waals surface area (Å²) in [5, 5.41) is 10.3. The Labute approximate surface area is 156 Å². The number of ketones is 1. The molecule has 1 aliphatic rings. The highest BCUT2D eigenvalue weighted by Gasteiger charge is 2.41. The number of likely N-dealkylation sites (tertiary alicyclic amines) is 1. The zero-order chi connectivity index (χ0) is 19.3. The number of benzene rings is 1. The van der Waals surface area contributed by atoms with Crippen molar-refractivity contribution in [2.45, 2.75) is 32.4 Å². The summed E-state index contributed by atoms with van der Waals surface area (Å²) in [5.41, 5.74) is 0.363. The fraction of sp³-hybridized carbons (Fsp3) is 0.500. The van der Waals surface area contributed by atoms with Gasteiger partial charge in [-0.05, 0) is 30.2 Å². The third kappa shape index (κ3) is 5.44.